The van der Waals surface area contributed by atoms with E-state index < -0.39 is 11.3 Å². The summed E-state index contributed by atoms with van der Waals surface area (Å²) in [5.74, 6) is 4.90. The molecule has 7 heteroatoms. The molecule has 2 heterocycles. The number of anilines is 1. The van der Waals surface area contributed by atoms with Crippen LogP contribution in [0.25, 0.3) is 11.3 Å². The second kappa shape index (κ2) is 6.86. The van der Waals surface area contributed by atoms with Gasteiger partial charge in [-0.3, -0.25) is 9.59 Å². The van der Waals surface area contributed by atoms with E-state index >= 15 is 0 Å². The standard InChI is InChI=1S/C19H18N4O3/c20-14-4-5-15(23-16(14)17(21)25)13-3-1-2-12(10-13)6-7-19(11-24)8-9-22-18(19)26/h1-5,10,24H,8-9,11,20H2,(H2,21,25)(H,22,26). The summed E-state index contributed by atoms with van der Waals surface area (Å²) in [5, 5.41) is 12.3. The average Bonchev–Trinajstić information content (AvgIpc) is 3.01. The molecule has 1 saturated heterocycles. The van der Waals surface area contributed by atoms with Gasteiger partial charge in [0.05, 0.1) is 18.0 Å². The van der Waals surface area contributed by atoms with Crippen molar-refractivity contribution in [3.8, 4) is 23.1 Å². The maximum absolute atomic E-state index is 11.9. The van der Waals surface area contributed by atoms with Gasteiger partial charge >= 0.3 is 0 Å². The van der Waals surface area contributed by atoms with Crippen molar-refractivity contribution in [2.24, 2.45) is 11.1 Å². The summed E-state index contributed by atoms with van der Waals surface area (Å²) < 4.78 is 0. The minimum atomic E-state index is -1.06. The summed E-state index contributed by atoms with van der Waals surface area (Å²) in [7, 11) is 0. The van der Waals surface area contributed by atoms with Crippen molar-refractivity contribution in [3.63, 3.8) is 0 Å². The molecule has 1 aliphatic rings. The van der Waals surface area contributed by atoms with Gasteiger partial charge in [0, 0.05) is 17.7 Å². The highest BCUT2D eigenvalue weighted by atomic mass is 16.3. The SMILES string of the molecule is NC(=O)c1nc(-c2cccc(C#CC3(CO)CCNC3=O)c2)ccc1N. The number of nitrogens with one attached hydrogen (secondary N) is 1. The second-order valence-electron chi connectivity index (χ2n) is 6.08. The Balaban J connectivity index is 1.95. The van der Waals surface area contributed by atoms with Gasteiger partial charge in [0.2, 0.25) is 5.91 Å². The molecule has 0 spiro atoms. The topological polar surface area (TPSA) is 131 Å². The Bertz CT molecular complexity index is 945. The number of aliphatic hydroxyl groups is 1. The smallest absolute Gasteiger partial charge is 0.269 e. The molecule has 1 atom stereocenters. The Kier molecular flexibility index (Phi) is 4.61. The van der Waals surface area contributed by atoms with Crippen molar-refractivity contribution in [1.29, 1.82) is 0 Å². The summed E-state index contributed by atoms with van der Waals surface area (Å²) in [6.07, 6.45) is 0.469. The van der Waals surface area contributed by atoms with Gasteiger partial charge in [-0.1, -0.05) is 24.0 Å². The predicted molar refractivity (Wildman–Crippen MR) is 96.6 cm³/mol. The first-order valence-electron chi connectivity index (χ1n) is 8.04. The van der Waals surface area contributed by atoms with Crippen molar-refractivity contribution >= 4 is 17.5 Å². The number of amides is 2. The van der Waals surface area contributed by atoms with Crippen molar-refractivity contribution < 1.29 is 14.7 Å². The number of hydrogen-bond acceptors (Lipinski definition) is 5. The minimum Gasteiger partial charge on any atom is -0.397 e. The van der Waals surface area contributed by atoms with E-state index in [1.165, 1.54) is 0 Å². The number of nitrogens with two attached hydrogens (primary N) is 2. The lowest BCUT2D eigenvalue weighted by Gasteiger charge is -2.15. The molecule has 2 aromatic rings. The third kappa shape index (κ3) is 3.23. The number of aliphatic hydroxyl groups excluding tert-OH is 1. The fourth-order valence-corrected chi connectivity index (χ4v) is 2.76. The Morgan fingerprint density at radius 1 is 1.35 bits per heavy atom. The molecule has 0 aliphatic carbocycles. The number of carbonyl (C=O) groups excluding carboxylic acids is 2. The number of primary amides is 1. The van der Waals surface area contributed by atoms with E-state index in [2.05, 4.69) is 22.1 Å². The van der Waals surface area contributed by atoms with E-state index in [9.17, 15) is 14.7 Å². The lowest BCUT2D eigenvalue weighted by Crippen LogP contribution is -2.33. The largest absolute Gasteiger partial charge is 0.397 e. The number of hydrogen-bond donors (Lipinski definition) is 4. The van der Waals surface area contributed by atoms with Crippen LogP contribution in [0.15, 0.2) is 36.4 Å². The van der Waals surface area contributed by atoms with Crippen LogP contribution in [-0.4, -0.2) is 35.1 Å². The first kappa shape index (κ1) is 17.5. The van der Waals surface area contributed by atoms with Gasteiger partial charge in [0.15, 0.2) is 5.69 Å². The molecule has 26 heavy (non-hydrogen) atoms. The highest BCUT2D eigenvalue weighted by Gasteiger charge is 2.40. The number of carbonyl (C=O) groups is 2. The van der Waals surface area contributed by atoms with Gasteiger partial charge in [0.25, 0.3) is 5.91 Å². The van der Waals surface area contributed by atoms with Crippen LogP contribution in [0, 0.1) is 17.3 Å². The van der Waals surface area contributed by atoms with E-state index in [1.807, 2.05) is 6.07 Å². The molecule has 1 aromatic carbocycles. The first-order valence-corrected chi connectivity index (χ1v) is 8.04. The van der Waals surface area contributed by atoms with E-state index in [4.69, 9.17) is 11.5 Å². The summed E-state index contributed by atoms with van der Waals surface area (Å²) >= 11 is 0. The van der Waals surface area contributed by atoms with Crippen LogP contribution in [0.5, 0.6) is 0 Å². The molecule has 7 nitrogen and oxygen atoms in total. The van der Waals surface area contributed by atoms with Crippen molar-refractivity contribution in [1.82, 2.24) is 10.3 Å². The molecule has 2 amide bonds. The summed E-state index contributed by atoms with van der Waals surface area (Å²) in [5.41, 5.74) is 12.1. The lowest BCUT2D eigenvalue weighted by molar-refractivity contribution is -0.126. The molecule has 132 valence electrons. The molecule has 1 fully saturated rings. The molecule has 0 radical (unpaired) electrons. The van der Waals surface area contributed by atoms with Crippen LogP contribution in [-0.2, 0) is 4.79 Å². The first-order chi connectivity index (χ1) is 12.4. The van der Waals surface area contributed by atoms with Crippen LogP contribution < -0.4 is 16.8 Å². The average molecular weight is 350 g/mol. The number of pyridine rings is 1. The van der Waals surface area contributed by atoms with Crippen LogP contribution in [0.3, 0.4) is 0 Å². The van der Waals surface area contributed by atoms with Crippen LogP contribution in [0.2, 0.25) is 0 Å². The predicted octanol–water partition coefficient (Wildman–Crippen LogP) is 0.280. The molecule has 1 aliphatic heterocycles. The Morgan fingerprint density at radius 2 is 2.15 bits per heavy atom. The van der Waals surface area contributed by atoms with Crippen molar-refractivity contribution in [3.05, 3.63) is 47.7 Å². The molecule has 0 saturated carbocycles. The van der Waals surface area contributed by atoms with E-state index in [1.54, 1.807) is 30.3 Å². The number of nitrogen functional groups attached to an aromatic ring is 1. The molecule has 1 aromatic heterocycles. The molecule has 3 rings (SSSR count). The minimum absolute atomic E-state index is 0.0147. The quantitative estimate of drug-likeness (QED) is 0.591. The lowest BCUT2D eigenvalue weighted by atomic mass is 9.88. The van der Waals surface area contributed by atoms with Crippen molar-refractivity contribution in [2.75, 3.05) is 18.9 Å². The van der Waals surface area contributed by atoms with E-state index in [0.717, 1.165) is 5.56 Å². The van der Waals surface area contributed by atoms with Gasteiger partial charge in [0.1, 0.15) is 5.41 Å². The van der Waals surface area contributed by atoms with Crippen LogP contribution >= 0.6 is 0 Å². The second-order valence-corrected chi connectivity index (χ2v) is 6.08. The zero-order valence-corrected chi connectivity index (χ0v) is 14.0. The zero-order chi connectivity index (χ0) is 18.7. The summed E-state index contributed by atoms with van der Waals surface area (Å²) in [6.45, 7) is 0.173. The van der Waals surface area contributed by atoms with Crippen LogP contribution in [0.1, 0.15) is 22.5 Å². The number of aromatic nitrogens is 1. The highest BCUT2D eigenvalue weighted by Crippen LogP contribution is 2.26. The van der Waals surface area contributed by atoms with E-state index in [0.29, 0.717) is 24.2 Å². The monoisotopic (exact) mass is 350 g/mol. The maximum atomic E-state index is 11.9. The zero-order valence-electron chi connectivity index (χ0n) is 14.0. The molecular formula is C19H18N4O3. The summed E-state index contributed by atoms with van der Waals surface area (Å²) in [6, 6.07) is 10.5. The third-order valence-electron chi connectivity index (χ3n) is 4.31. The third-order valence-corrected chi connectivity index (χ3v) is 4.31. The van der Waals surface area contributed by atoms with Gasteiger partial charge in [-0.25, -0.2) is 4.98 Å². The van der Waals surface area contributed by atoms with Gasteiger partial charge in [-0.2, -0.15) is 0 Å². The highest BCUT2D eigenvalue weighted by molar-refractivity contribution is 5.96. The number of nitrogens with zero attached hydrogens (tertiary/aromatic N) is 1. The van der Waals surface area contributed by atoms with E-state index in [-0.39, 0.29) is 23.9 Å². The molecule has 6 N–H and O–H groups in total. The summed E-state index contributed by atoms with van der Waals surface area (Å²) in [4.78, 5) is 27.6. The molecular weight excluding hydrogens is 332 g/mol. The van der Waals surface area contributed by atoms with Crippen molar-refractivity contribution in [2.45, 2.75) is 6.42 Å². The fraction of sp³-hybridized carbons (Fsp3) is 0.211. The van der Waals surface area contributed by atoms with Crippen LogP contribution in [0.4, 0.5) is 5.69 Å². The van der Waals surface area contributed by atoms with Gasteiger partial charge in [-0.15, -0.1) is 0 Å². The molecule has 1 unspecified atom stereocenters. The van der Waals surface area contributed by atoms with Gasteiger partial charge in [-0.05, 0) is 30.7 Å². The normalized spacial score (nSPS) is 18.7. The number of benzene rings is 1. The Morgan fingerprint density at radius 3 is 2.81 bits per heavy atom. The Labute approximate surface area is 150 Å². The van der Waals surface area contributed by atoms with Gasteiger partial charge < -0.3 is 21.9 Å². The molecule has 0 bridgehead atoms. The maximum Gasteiger partial charge on any atom is 0.269 e. The number of rotatable bonds is 3. The fourth-order valence-electron chi connectivity index (χ4n) is 2.76. The Hall–Kier alpha value is -3.37.